The minimum absolute atomic E-state index is 0.159. The van der Waals surface area contributed by atoms with E-state index in [9.17, 15) is 13.2 Å². The Balaban J connectivity index is 1.93. The first-order valence-corrected chi connectivity index (χ1v) is 7.56. The highest BCUT2D eigenvalue weighted by Gasteiger charge is 2.31. The molecule has 0 radical (unpaired) electrons. The van der Waals surface area contributed by atoms with E-state index in [1.807, 2.05) is 0 Å². The quantitative estimate of drug-likeness (QED) is 0.811. The molecule has 0 aromatic heterocycles. The van der Waals surface area contributed by atoms with Crippen molar-refractivity contribution in [1.29, 1.82) is 0 Å². The van der Waals surface area contributed by atoms with Gasteiger partial charge >= 0.3 is 6.36 Å². The minimum Gasteiger partial charge on any atom is -0.406 e. The average molecular weight is 301 g/mol. The molecule has 0 spiro atoms. The first kappa shape index (κ1) is 16.1. The van der Waals surface area contributed by atoms with Crippen LogP contribution in [-0.2, 0) is 6.42 Å². The molecule has 1 aliphatic carbocycles. The number of halogens is 3. The molecule has 0 amide bonds. The zero-order valence-corrected chi connectivity index (χ0v) is 12.2. The predicted molar refractivity (Wildman–Crippen MR) is 76.3 cm³/mol. The third kappa shape index (κ3) is 5.23. The Morgan fingerprint density at radius 2 is 1.90 bits per heavy atom. The smallest absolute Gasteiger partial charge is 0.406 e. The number of benzene rings is 1. The molecule has 1 saturated carbocycles. The molecule has 1 aromatic carbocycles. The van der Waals surface area contributed by atoms with Gasteiger partial charge in [-0.1, -0.05) is 25.5 Å². The first-order chi connectivity index (χ1) is 9.98. The summed E-state index contributed by atoms with van der Waals surface area (Å²) < 4.78 is 40.2. The second kappa shape index (κ2) is 7.16. The second-order valence-corrected chi connectivity index (χ2v) is 5.65. The van der Waals surface area contributed by atoms with E-state index in [4.69, 9.17) is 0 Å². The van der Waals surface area contributed by atoms with Gasteiger partial charge in [0.05, 0.1) is 0 Å². The molecule has 21 heavy (non-hydrogen) atoms. The normalized spacial score (nSPS) is 17.3. The standard InChI is InChI=1S/C16H22F3NO/c1-2-10-20-15(13-4-3-5-13)11-12-6-8-14(9-7-12)21-16(17,18)19/h6-9,13,15,20H,2-5,10-11H2,1H3. The molecule has 1 unspecified atom stereocenters. The fraction of sp³-hybridized carbons (Fsp3) is 0.625. The van der Waals surface area contributed by atoms with E-state index in [-0.39, 0.29) is 5.75 Å². The van der Waals surface area contributed by atoms with Crippen molar-refractivity contribution >= 4 is 0 Å². The summed E-state index contributed by atoms with van der Waals surface area (Å²) in [6.45, 7) is 3.12. The van der Waals surface area contributed by atoms with Gasteiger partial charge in [0.1, 0.15) is 5.75 Å². The van der Waals surface area contributed by atoms with Crippen molar-refractivity contribution < 1.29 is 17.9 Å². The van der Waals surface area contributed by atoms with Gasteiger partial charge < -0.3 is 10.1 Å². The summed E-state index contributed by atoms with van der Waals surface area (Å²) >= 11 is 0. The molecule has 2 rings (SSSR count). The van der Waals surface area contributed by atoms with Gasteiger partial charge in [0.2, 0.25) is 0 Å². The van der Waals surface area contributed by atoms with Crippen molar-refractivity contribution in [2.75, 3.05) is 6.54 Å². The second-order valence-electron chi connectivity index (χ2n) is 5.65. The van der Waals surface area contributed by atoms with Gasteiger partial charge in [0.25, 0.3) is 0 Å². The number of alkyl halides is 3. The van der Waals surface area contributed by atoms with Crippen LogP contribution in [0, 0.1) is 5.92 Å². The predicted octanol–water partition coefficient (Wildman–Crippen LogP) is 4.30. The molecule has 1 fully saturated rings. The largest absolute Gasteiger partial charge is 0.573 e. The molecule has 5 heteroatoms. The van der Waals surface area contributed by atoms with E-state index in [1.54, 1.807) is 12.1 Å². The summed E-state index contributed by atoms with van der Waals surface area (Å²) in [5.41, 5.74) is 1.05. The summed E-state index contributed by atoms with van der Waals surface area (Å²) in [7, 11) is 0. The van der Waals surface area contributed by atoms with Crippen LogP contribution in [0.1, 0.15) is 38.2 Å². The Bertz CT molecular complexity index is 426. The molecule has 118 valence electrons. The van der Waals surface area contributed by atoms with Crippen molar-refractivity contribution in [3.63, 3.8) is 0 Å². The van der Waals surface area contributed by atoms with Crippen molar-refractivity contribution in [1.82, 2.24) is 5.32 Å². The summed E-state index contributed by atoms with van der Waals surface area (Å²) in [5.74, 6) is 0.538. The highest BCUT2D eigenvalue weighted by Crippen LogP contribution is 2.31. The molecule has 0 saturated heterocycles. The maximum atomic E-state index is 12.1. The molecule has 1 aliphatic rings. The van der Waals surface area contributed by atoms with E-state index >= 15 is 0 Å². The SMILES string of the molecule is CCCNC(Cc1ccc(OC(F)(F)F)cc1)C1CCC1. The van der Waals surface area contributed by atoms with Crippen molar-refractivity contribution in [2.45, 2.75) is 51.4 Å². The van der Waals surface area contributed by atoms with Crippen LogP contribution in [-0.4, -0.2) is 18.9 Å². The van der Waals surface area contributed by atoms with Crippen LogP contribution in [0.2, 0.25) is 0 Å². The Hall–Kier alpha value is -1.23. The topological polar surface area (TPSA) is 21.3 Å². The van der Waals surface area contributed by atoms with Gasteiger partial charge in [-0.05, 0) is 55.8 Å². The van der Waals surface area contributed by atoms with Crippen LogP contribution in [0.15, 0.2) is 24.3 Å². The van der Waals surface area contributed by atoms with E-state index in [2.05, 4.69) is 17.0 Å². The Labute approximate surface area is 123 Å². The van der Waals surface area contributed by atoms with E-state index in [0.29, 0.717) is 12.0 Å². The minimum atomic E-state index is -4.63. The number of hydrogen-bond donors (Lipinski definition) is 1. The summed E-state index contributed by atoms with van der Waals surface area (Å²) in [6.07, 6.45) is 1.10. The van der Waals surface area contributed by atoms with E-state index in [1.165, 1.54) is 31.4 Å². The number of rotatable bonds is 7. The Morgan fingerprint density at radius 1 is 1.24 bits per heavy atom. The van der Waals surface area contributed by atoms with Crippen molar-refractivity contribution in [3.05, 3.63) is 29.8 Å². The molecule has 1 N–H and O–H groups in total. The lowest BCUT2D eigenvalue weighted by Crippen LogP contribution is -2.41. The molecular formula is C16H22F3NO. The van der Waals surface area contributed by atoms with Gasteiger partial charge in [0.15, 0.2) is 0 Å². The van der Waals surface area contributed by atoms with Crippen molar-refractivity contribution in [3.8, 4) is 5.75 Å². The van der Waals surface area contributed by atoms with Crippen LogP contribution in [0.4, 0.5) is 13.2 Å². The highest BCUT2D eigenvalue weighted by atomic mass is 19.4. The van der Waals surface area contributed by atoms with Gasteiger partial charge in [-0.3, -0.25) is 0 Å². The van der Waals surface area contributed by atoms with Crippen LogP contribution in [0.3, 0.4) is 0 Å². The lowest BCUT2D eigenvalue weighted by Gasteiger charge is -2.34. The fourth-order valence-electron chi connectivity index (χ4n) is 2.66. The van der Waals surface area contributed by atoms with Crippen LogP contribution in [0.25, 0.3) is 0 Å². The maximum Gasteiger partial charge on any atom is 0.573 e. The average Bonchev–Trinajstić information content (AvgIpc) is 2.34. The van der Waals surface area contributed by atoms with Crippen LogP contribution in [0.5, 0.6) is 5.75 Å². The zero-order valence-electron chi connectivity index (χ0n) is 12.2. The molecule has 0 aliphatic heterocycles. The van der Waals surface area contributed by atoms with Gasteiger partial charge in [0, 0.05) is 6.04 Å². The first-order valence-electron chi connectivity index (χ1n) is 7.56. The molecule has 1 aromatic rings. The Morgan fingerprint density at radius 3 is 2.38 bits per heavy atom. The van der Waals surface area contributed by atoms with Crippen LogP contribution < -0.4 is 10.1 Å². The van der Waals surface area contributed by atoms with E-state index in [0.717, 1.165) is 24.9 Å². The summed E-state index contributed by atoms with van der Waals surface area (Å²) in [5, 5.41) is 3.56. The van der Waals surface area contributed by atoms with Gasteiger partial charge in [-0.25, -0.2) is 0 Å². The summed E-state index contributed by atoms with van der Waals surface area (Å²) in [6, 6.07) is 6.65. The number of ether oxygens (including phenoxy) is 1. The number of nitrogens with one attached hydrogen (secondary N) is 1. The van der Waals surface area contributed by atoms with Gasteiger partial charge in [-0.2, -0.15) is 0 Å². The maximum absolute atomic E-state index is 12.1. The third-order valence-corrected chi connectivity index (χ3v) is 3.99. The monoisotopic (exact) mass is 301 g/mol. The molecule has 2 nitrogen and oxygen atoms in total. The highest BCUT2D eigenvalue weighted by molar-refractivity contribution is 5.28. The molecule has 0 bridgehead atoms. The number of hydrogen-bond acceptors (Lipinski definition) is 2. The Kier molecular flexibility index (Phi) is 5.51. The molecule has 1 atom stereocenters. The van der Waals surface area contributed by atoms with Crippen LogP contribution >= 0.6 is 0 Å². The zero-order chi connectivity index (χ0) is 15.3. The molecule has 0 heterocycles. The van der Waals surface area contributed by atoms with Gasteiger partial charge in [-0.15, -0.1) is 13.2 Å². The third-order valence-electron chi connectivity index (χ3n) is 3.99. The summed E-state index contributed by atoms with van der Waals surface area (Å²) in [4.78, 5) is 0. The lowest BCUT2D eigenvalue weighted by molar-refractivity contribution is -0.274. The van der Waals surface area contributed by atoms with E-state index < -0.39 is 6.36 Å². The molecular weight excluding hydrogens is 279 g/mol. The lowest BCUT2D eigenvalue weighted by atomic mass is 9.77. The fourth-order valence-corrected chi connectivity index (χ4v) is 2.66. The van der Waals surface area contributed by atoms with Crippen molar-refractivity contribution in [2.24, 2.45) is 5.92 Å².